The van der Waals surface area contributed by atoms with E-state index in [4.69, 9.17) is 0 Å². The number of nitrogens with one attached hydrogen (secondary N) is 2. The van der Waals surface area contributed by atoms with Gasteiger partial charge >= 0.3 is 0 Å². The molecule has 2 aromatic rings. The van der Waals surface area contributed by atoms with E-state index in [0.29, 0.717) is 28.9 Å². The van der Waals surface area contributed by atoms with E-state index in [1.807, 2.05) is 13.8 Å². The van der Waals surface area contributed by atoms with Gasteiger partial charge in [-0.3, -0.25) is 9.59 Å². The zero-order chi connectivity index (χ0) is 20.0. The molecule has 0 aromatic heterocycles. The summed E-state index contributed by atoms with van der Waals surface area (Å²) in [5, 5.41) is 5.58. The van der Waals surface area contributed by atoms with Crippen molar-refractivity contribution in [1.29, 1.82) is 0 Å². The quantitative estimate of drug-likeness (QED) is 0.760. The number of amides is 2. The van der Waals surface area contributed by atoms with Crippen LogP contribution in [0.15, 0.2) is 48.5 Å². The molecule has 7 heteroatoms. The van der Waals surface area contributed by atoms with E-state index in [9.17, 15) is 18.0 Å². The van der Waals surface area contributed by atoms with Gasteiger partial charge in [0.05, 0.1) is 5.75 Å². The number of hydrogen-bond donors (Lipinski definition) is 2. The fourth-order valence-corrected chi connectivity index (χ4v) is 3.28. The first kappa shape index (κ1) is 20.6. The molecule has 0 aliphatic heterocycles. The number of hydrogen-bond acceptors (Lipinski definition) is 4. The number of carbonyl (C=O) groups excluding carboxylic acids is 2. The van der Waals surface area contributed by atoms with Crippen LogP contribution in [0.4, 0.5) is 11.4 Å². The van der Waals surface area contributed by atoms with Gasteiger partial charge in [0.1, 0.15) is 0 Å². The van der Waals surface area contributed by atoms with Gasteiger partial charge in [-0.1, -0.05) is 26.0 Å². The van der Waals surface area contributed by atoms with E-state index in [0.717, 1.165) is 0 Å². The third-order valence-electron chi connectivity index (χ3n) is 3.67. The minimum atomic E-state index is -3.11. The Morgan fingerprint density at radius 1 is 0.889 bits per heavy atom. The molecule has 2 amide bonds. The summed E-state index contributed by atoms with van der Waals surface area (Å²) in [6.07, 6.45) is 1.62. The van der Waals surface area contributed by atoms with Crippen LogP contribution < -0.4 is 10.6 Å². The highest BCUT2D eigenvalue weighted by Gasteiger charge is 2.09. The third kappa shape index (κ3) is 7.22. The number of benzene rings is 2. The second-order valence-electron chi connectivity index (χ2n) is 6.94. The number of rotatable bonds is 7. The number of carbonyl (C=O) groups is 2. The standard InChI is InChI=1S/C20H24N2O4S/c1-14(2)12-19(23)21-17-8-10-18(11-9-17)22-20(24)16-6-4-15(5-7-16)13-27(3,25)26/h4-11,14H,12-13H2,1-3H3,(H,21,23)(H,22,24). The Morgan fingerprint density at radius 2 is 1.41 bits per heavy atom. The highest BCUT2D eigenvalue weighted by Crippen LogP contribution is 2.16. The molecule has 27 heavy (non-hydrogen) atoms. The van der Waals surface area contributed by atoms with Crippen molar-refractivity contribution in [2.75, 3.05) is 16.9 Å². The van der Waals surface area contributed by atoms with Gasteiger partial charge in [0.2, 0.25) is 5.91 Å². The Labute approximate surface area is 159 Å². The normalized spacial score (nSPS) is 11.3. The minimum Gasteiger partial charge on any atom is -0.326 e. The molecule has 2 N–H and O–H groups in total. The predicted octanol–water partition coefficient (Wildman–Crippen LogP) is 3.47. The number of sulfone groups is 1. The van der Waals surface area contributed by atoms with Gasteiger partial charge in [0.15, 0.2) is 9.84 Å². The molecule has 0 radical (unpaired) electrons. The van der Waals surface area contributed by atoms with Crippen molar-refractivity contribution >= 4 is 33.0 Å². The molecule has 0 unspecified atom stereocenters. The van der Waals surface area contributed by atoms with E-state index in [2.05, 4.69) is 10.6 Å². The Kier molecular flexibility index (Phi) is 6.74. The van der Waals surface area contributed by atoms with Crippen LogP contribution in [0.1, 0.15) is 36.2 Å². The first-order valence-corrected chi connectivity index (χ1v) is 10.7. The molecular weight excluding hydrogens is 364 g/mol. The SMILES string of the molecule is CC(C)CC(=O)Nc1ccc(NC(=O)c2ccc(CS(C)(=O)=O)cc2)cc1. The van der Waals surface area contributed by atoms with Crippen molar-refractivity contribution in [1.82, 2.24) is 0 Å². The summed E-state index contributed by atoms with van der Waals surface area (Å²) in [6, 6.07) is 13.3. The Morgan fingerprint density at radius 3 is 1.89 bits per heavy atom. The molecule has 0 saturated heterocycles. The van der Waals surface area contributed by atoms with Crippen molar-refractivity contribution in [3.63, 3.8) is 0 Å². The lowest BCUT2D eigenvalue weighted by Crippen LogP contribution is -2.14. The summed E-state index contributed by atoms with van der Waals surface area (Å²) in [4.78, 5) is 24.1. The van der Waals surface area contributed by atoms with Crippen LogP contribution in [0.2, 0.25) is 0 Å². The predicted molar refractivity (Wildman–Crippen MR) is 107 cm³/mol. The summed E-state index contributed by atoms with van der Waals surface area (Å²) in [5.74, 6) is -0.111. The Balaban J connectivity index is 1.96. The molecule has 0 heterocycles. The Bertz CT molecular complexity index is 902. The maximum atomic E-state index is 12.3. The monoisotopic (exact) mass is 388 g/mol. The van der Waals surface area contributed by atoms with Gasteiger partial charge < -0.3 is 10.6 Å². The molecule has 0 spiro atoms. The van der Waals surface area contributed by atoms with Crippen molar-refractivity contribution in [3.05, 3.63) is 59.7 Å². The molecule has 2 aromatic carbocycles. The molecule has 144 valence electrons. The van der Waals surface area contributed by atoms with E-state index >= 15 is 0 Å². The largest absolute Gasteiger partial charge is 0.326 e. The average molecular weight is 388 g/mol. The topological polar surface area (TPSA) is 92.3 Å². The van der Waals surface area contributed by atoms with Gasteiger partial charge in [0, 0.05) is 29.6 Å². The van der Waals surface area contributed by atoms with Gasteiger partial charge in [0.25, 0.3) is 5.91 Å². The highest BCUT2D eigenvalue weighted by molar-refractivity contribution is 7.89. The molecule has 2 rings (SSSR count). The smallest absolute Gasteiger partial charge is 0.255 e. The van der Waals surface area contributed by atoms with E-state index in [-0.39, 0.29) is 23.5 Å². The van der Waals surface area contributed by atoms with Crippen LogP contribution in [0.5, 0.6) is 0 Å². The maximum absolute atomic E-state index is 12.3. The van der Waals surface area contributed by atoms with Crippen LogP contribution in [0.25, 0.3) is 0 Å². The molecular formula is C20H24N2O4S. The summed E-state index contributed by atoms with van der Waals surface area (Å²) in [6.45, 7) is 3.96. The van der Waals surface area contributed by atoms with Gasteiger partial charge in [-0.25, -0.2) is 8.42 Å². The first-order valence-electron chi connectivity index (χ1n) is 8.60. The van der Waals surface area contributed by atoms with Crippen molar-refractivity contribution in [2.24, 2.45) is 5.92 Å². The van der Waals surface area contributed by atoms with Crippen molar-refractivity contribution in [2.45, 2.75) is 26.0 Å². The summed E-state index contributed by atoms with van der Waals surface area (Å²) < 4.78 is 22.6. The maximum Gasteiger partial charge on any atom is 0.255 e. The summed E-state index contributed by atoms with van der Waals surface area (Å²) in [7, 11) is -3.11. The van der Waals surface area contributed by atoms with Gasteiger partial charge in [-0.15, -0.1) is 0 Å². The van der Waals surface area contributed by atoms with Crippen LogP contribution in [-0.4, -0.2) is 26.5 Å². The van der Waals surface area contributed by atoms with Crippen LogP contribution in [0.3, 0.4) is 0 Å². The molecule has 0 atom stereocenters. The second kappa shape index (κ2) is 8.81. The Hall–Kier alpha value is -2.67. The molecule has 6 nitrogen and oxygen atoms in total. The number of anilines is 2. The fraction of sp³-hybridized carbons (Fsp3) is 0.300. The van der Waals surface area contributed by atoms with E-state index in [1.54, 1.807) is 48.5 Å². The summed E-state index contributed by atoms with van der Waals surface area (Å²) in [5.41, 5.74) is 2.34. The van der Waals surface area contributed by atoms with E-state index in [1.165, 1.54) is 6.26 Å². The minimum absolute atomic E-state index is 0.0454. The average Bonchev–Trinajstić information content (AvgIpc) is 2.55. The van der Waals surface area contributed by atoms with Crippen LogP contribution >= 0.6 is 0 Å². The molecule has 0 aliphatic carbocycles. The zero-order valence-corrected chi connectivity index (χ0v) is 16.5. The molecule has 0 aliphatic rings. The van der Waals surface area contributed by atoms with Crippen LogP contribution in [-0.2, 0) is 20.4 Å². The fourth-order valence-electron chi connectivity index (χ4n) is 2.48. The molecule has 0 saturated carbocycles. The zero-order valence-electron chi connectivity index (χ0n) is 15.7. The van der Waals surface area contributed by atoms with Crippen molar-refractivity contribution < 1.29 is 18.0 Å². The highest BCUT2D eigenvalue weighted by atomic mass is 32.2. The van der Waals surface area contributed by atoms with E-state index < -0.39 is 9.84 Å². The van der Waals surface area contributed by atoms with Crippen molar-refractivity contribution in [3.8, 4) is 0 Å². The second-order valence-corrected chi connectivity index (χ2v) is 9.08. The van der Waals surface area contributed by atoms with Gasteiger partial charge in [-0.2, -0.15) is 0 Å². The lowest BCUT2D eigenvalue weighted by Gasteiger charge is -2.09. The van der Waals surface area contributed by atoms with Gasteiger partial charge in [-0.05, 0) is 47.9 Å². The molecule has 0 bridgehead atoms. The molecule has 0 fully saturated rings. The summed E-state index contributed by atoms with van der Waals surface area (Å²) >= 11 is 0. The lowest BCUT2D eigenvalue weighted by atomic mass is 10.1. The third-order valence-corrected chi connectivity index (χ3v) is 4.52. The lowest BCUT2D eigenvalue weighted by molar-refractivity contribution is -0.116. The first-order chi connectivity index (χ1) is 12.6. The van der Waals surface area contributed by atoms with Crippen LogP contribution in [0, 0.1) is 5.92 Å².